The zero-order chi connectivity index (χ0) is 23.7. The molecule has 7 nitrogen and oxygen atoms in total. The van der Waals surface area contributed by atoms with E-state index in [9.17, 15) is 4.79 Å². The molecule has 1 aromatic carbocycles. The second-order valence-corrected chi connectivity index (χ2v) is 10.0. The van der Waals surface area contributed by atoms with Gasteiger partial charge in [-0.3, -0.25) is 9.36 Å². The first-order valence-corrected chi connectivity index (χ1v) is 12.5. The summed E-state index contributed by atoms with van der Waals surface area (Å²) < 4.78 is 8.29. The normalized spacial score (nSPS) is 21.9. The Bertz CT molecular complexity index is 1160. The molecule has 2 aliphatic rings. The molecule has 1 N–H and O–H groups in total. The Morgan fingerprint density at radius 1 is 1.12 bits per heavy atom. The van der Waals surface area contributed by atoms with Crippen LogP contribution in [0.2, 0.25) is 5.02 Å². The Hall–Kier alpha value is -2.93. The number of halogens is 1. The minimum Gasteiger partial charge on any atom is -0.474 e. The van der Waals surface area contributed by atoms with Crippen molar-refractivity contribution >= 4 is 17.5 Å². The summed E-state index contributed by atoms with van der Waals surface area (Å²) in [7, 11) is 0. The number of amides is 1. The fourth-order valence-corrected chi connectivity index (χ4v) is 5.17. The van der Waals surface area contributed by atoms with Gasteiger partial charge in [-0.15, -0.1) is 10.2 Å². The number of hydrogen-bond acceptors (Lipinski definition) is 5. The molecule has 0 spiro atoms. The summed E-state index contributed by atoms with van der Waals surface area (Å²) in [6, 6.07) is 11.7. The van der Waals surface area contributed by atoms with Crippen molar-refractivity contribution in [2.75, 3.05) is 0 Å². The molecule has 8 heteroatoms. The maximum absolute atomic E-state index is 12.4. The Balaban J connectivity index is 1.38. The highest BCUT2D eigenvalue weighted by molar-refractivity contribution is 6.30. The van der Waals surface area contributed by atoms with Crippen LogP contribution in [0, 0.1) is 5.92 Å². The van der Waals surface area contributed by atoms with Gasteiger partial charge in [0, 0.05) is 41.6 Å². The molecule has 1 aliphatic heterocycles. The van der Waals surface area contributed by atoms with E-state index in [2.05, 4.69) is 31.1 Å². The first-order valence-electron chi connectivity index (χ1n) is 12.1. The van der Waals surface area contributed by atoms with Crippen molar-refractivity contribution < 1.29 is 9.53 Å². The summed E-state index contributed by atoms with van der Waals surface area (Å²) in [5.74, 6) is 2.84. The number of carbonyl (C=O) groups is 1. The highest BCUT2D eigenvalue weighted by Crippen LogP contribution is 2.37. The van der Waals surface area contributed by atoms with Gasteiger partial charge in [-0.25, -0.2) is 4.98 Å². The van der Waals surface area contributed by atoms with Crippen molar-refractivity contribution in [2.45, 2.75) is 70.4 Å². The molecule has 0 radical (unpaired) electrons. The minimum atomic E-state index is -0.0704. The van der Waals surface area contributed by atoms with E-state index in [4.69, 9.17) is 16.3 Å². The molecular weight excluding hydrogens is 450 g/mol. The quantitative estimate of drug-likeness (QED) is 0.575. The monoisotopic (exact) mass is 479 g/mol. The van der Waals surface area contributed by atoms with E-state index >= 15 is 0 Å². The number of ether oxygens (including phenoxy) is 1. The van der Waals surface area contributed by atoms with Crippen LogP contribution in [-0.2, 0) is 17.6 Å². The van der Waals surface area contributed by atoms with E-state index in [1.54, 1.807) is 6.20 Å². The molecule has 3 aromatic rings. The second-order valence-electron chi connectivity index (χ2n) is 9.61. The molecule has 1 aliphatic carbocycles. The van der Waals surface area contributed by atoms with Gasteiger partial charge in [-0.2, -0.15) is 0 Å². The molecule has 2 aromatic heterocycles. The van der Waals surface area contributed by atoms with Gasteiger partial charge in [0.2, 0.25) is 11.8 Å². The molecule has 5 rings (SSSR count). The van der Waals surface area contributed by atoms with Gasteiger partial charge in [-0.05, 0) is 61.9 Å². The highest BCUT2D eigenvalue weighted by atomic mass is 35.5. The van der Waals surface area contributed by atoms with Crippen LogP contribution in [0.1, 0.15) is 62.7 Å². The summed E-state index contributed by atoms with van der Waals surface area (Å²) in [5, 5.41) is 13.1. The lowest BCUT2D eigenvalue weighted by Gasteiger charge is -2.28. The molecule has 1 amide bonds. The van der Waals surface area contributed by atoms with Crippen LogP contribution in [0.5, 0.6) is 5.88 Å². The Labute approximate surface area is 204 Å². The average Bonchev–Trinajstić information content (AvgIpc) is 3.17. The van der Waals surface area contributed by atoms with Crippen molar-refractivity contribution in [3.05, 3.63) is 64.8 Å². The SMILES string of the molecule is CC(C)C(=O)N[C@H]1Cc2cc(Cl)ccc2-n2c(nnc2C2CCC(Oc3ccccn3)CC2)C1. The van der Waals surface area contributed by atoms with E-state index in [0.29, 0.717) is 29.7 Å². The van der Waals surface area contributed by atoms with E-state index in [1.807, 2.05) is 44.2 Å². The predicted octanol–water partition coefficient (Wildman–Crippen LogP) is 4.66. The molecule has 1 fully saturated rings. The van der Waals surface area contributed by atoms with Crippen LogP contribution in [0.3, 0.4) is 0 Å². The number of aromatic nitrogens is 4. The average molecular weight is 480 g/mol. The highest BCUT2D eigenvalue weighted by Gasteiger charge is 2.32. The molecule has 1 atom stereocenters. The Morgan fingerprint density at radius 2 is 1.94 bits per heavy atom. The van der Waals surface area contributed by atoms with Gasteiger partial charge in [0.25, 0.3) is 0 Å². The maximum atomic E-state index is 12.4. The van der Waals surface area contributed by atoms with Gasteiger partial charge < -0.3 is 10.1 Å². The van der Waals surface area contributed by atoms with Gasteiger partial charge in [0.1, 0.15) is 17.8 Å². The van der Waals surface area contributed by atoms with E-state index in [-0.39, 0.29) is 24.0 Å². The zero-order valence-corrected chi connectivity index (χ0v) is 20.3. The molecule has 3 heterocycles. The Kier molecular flexibility index (Phi) is 6.55. The Morgan fingerprint density at radius 3 is 2.68 bits per heavy atom. The molecule has 1 saturated carbocycles. The van der Waals surface area contributed by atoms with Crippen molar-refractivity contribution in [3.8, 4) is 11.6 Å². The number of carbonyl (C=O) groups excluding carboxylic acids is 1. The first-order chi connectivity index (χ1) is 16.5. The lowest BCUT2D eigenvalue weighted by molar-refractivity contribution is -0.124. The van der Waals surface area contributed by atoms with Crippen LogP contribution in [0.15, 0.2) is 42.6 Å². The maximum Gasteiger partial charge on any atom is 0.222 e. The molecular formula is C26H30ClN5O2. The number of nitrogens with zero attached hydrogens (tertiary/aromatic N) is 4. The number of nitrogens with one attached hydrogen (secondary N) is 1. The topological polar surface area (TPSA) is 81.9 Å². The minimum absolute atomic E-state index is 0.0482. The molecule has 178 valence electrons. The van der Waals surface area contributed by atoms with Crippen LogP contribution >= 0.6 is 11.6 Å². The molecule has 0 bridgehead atoms. The third kappa shape index (κ3) is 4.80. The van der Waals surface area contributed by atoms with Gasteiger partial charge in [0.05, 0.1) is 5.69 Å². The smallest absolute Gasteiger partial charge is 0.222 e. The van der Waals surface area contributed by atoms with Crippen LogP contribution < -0.4 is 10.1 Å². The summed E-state index contributed by atoms with van der Waals surface area (Å²) in [6.07, 6.45) is 7.12. The number of pyridine rings is 1. The van der Waals surface area contributed by atoms with Gasteiger partial charge in [0.15, 0.2) is 0 Å². The number of hydrogen-bond donors (Lipinski definition) is 1. The van der Waals surface area contributed by atoms with Gasteiger partial charge >= 0.3 is 0 Å². The largest absolute Gasteiger partial charge is 0.474 e. The summed E-state index contributed by atoms with van der Waals surface area (Å²) >= 11 is 6.36. The zero-order valence-electron chi connectivity index (χ0n) is 19.6. The van der Waals surface area contributed by atoms with E-state index in [1.165, 1.54) is 0 Å². The third-order valence-electron chi connectivity index (χ3n) is 6.77. The van der Waals surface area contributed by atoms with E-state index in [0.717, 1.165) is 48.6 Å². The fourth-order valence-electron chi connectivity index (χ4n) is 4.98. The fraction of sp³-hybridized carbons (Fsp3) is 0.462. The van der Waals surface area contributed by atoms with Crippen molar-refractivity contribution in [3.63, 3.8) is 0 Å². The summed E-state index contributed by atoms with van der Waals surface area (Å²) in [6.45, 7) is 3.82. The third-order valence-corrected chi connectivity index (χ3v) is 7.00. The van der Waals surface area contributed by atoms with Crippen molar-refractivity contribution in [2.24, 2.45) is 5.92 Å². The summed E-state index contributed by atoms with van der Waals surface area (Å²) in [5.41, 5.74) is 2.17. The molecule has 0 saturated heterocycles. The van der Waals surface area contributed by atoms with Crippen molar-refractivity contribution in [1.29, 1.82) is 0 Å². The first kappa shape index (κ1) is 22.8. The van der Waals surface area contributed by atoms with Gasteiger partial charge in [-0.1, -0.05) is 31.5 Å². The lowest BCUT2D eigenvalue weighted by Crippen LogP contribution is -2.40. The number of fused-ring (bicyclic) bond motifs is 3. The molecule has 0 unspecified atom stereocenters. The van der Waals surface area contributed by atoms with E-state index < -0.39 is 0 Å². The van der Waals surface area contributed by atoms with Crippen LogP contribution in [-0.4, -0.2) is 37.8 Å². The number of rotatable bonds is 5. The number of benzene rings is 1. The van der Waals surface area contributed by atoms with Crippen LogP contribution in [0.25, 0.3) is 5.69 Å². The standard InChI is InChI=1S/C26H30ClN5O2/c1-16(2)26(33)29-20-14-18-13-19(27)8-11-22(18)32-23(15-20)30-31-25(32)17-6-9-21(10-7-17)34-24-5-3-4-12-28-24/h3-5,8,11-13,16-17,20-21H,6-7,9-10,14-15H2,1-2H3,(H,29,33)/t17?,20-,21?/m0/s1. The van der Waals surface area contributed by atoms with Crippen LogP contribution in [0.4, 0.5) is 0 Å². The molecule has 34 heavy (non-hydrogen) atoms. The van der Waals surface area contributed by atoms with Crippen molar-refractivity contribution in [1.82, 2.24) is 25.1 Å². The predicted molar refractivity (Wildman–Crippen MR) is 130 cm³/mol. The lowest BCUT2D eigenvalue weighted by atomic mass is 9.86. The second kappa shape index (κ2) is 9.74. The summed E-state index contributed by atoms with van der Waals surface area (Å²) in [4.78, 5) is 16.7.